The number of hydrogen-bond donors (Lipinski definition) is 1. The minimum Gasteiger partial charge on any atom is -0.313 e. The highest BCUT2D eigenvalue weighted by Gasteiger charge is 2.03. The summed E-state index contributed by atoms with van der Waals surface area (Å²) in [6, 6.07) is 6.60. The Bertz CT molecular complexity index is 382. The quantitative estimate of drug-likeness (QED) is 0.705. The lowest BCUT2D eigenvalue weighted by molar-refractivity contribution is 0.268. The number of benzene rings is 1. The maximum absolute atomic E-state index is 6.15. The molecular weight excluding hydrogens is 324 g/mol. The second kappa shape index (κ2) is 8.96. The van der Waals surface area contributed by atoms with Crippen molar-refractivity contribution in [3.8, 4) is 0 Å². The molecule has 0 aliphatic carbocycles. The third kappa shape index (κ3) is 6.75. The van der Waals surface area contributed by atoms with Crippen molar-refractivity contribution in [2.24, 2.45) is 0 Å². The monoisotopic (exact) mass is 346 g/mol. The Hall–Kier alpha value is -0.0900. The summed E-state index contributed by atoms with van der Waals surface area (Å²) < 4.78 is 1.08. The van der Waals surface area contributed by atoms with Crippen LogP contribution in [0, 0.1) is 0 Å². The largest absolute Gasteiger partial charge is 0.313 e. The van der Waals surface area contributed by atoms with Gasteiger partial charge < -0.3 is 10.2 Å². The smallest absolute Gasteiger partial charge is 0.0451 e. The highest BCUT2D eigenvalue weighted by molar-refractivity contribution is 9.10. The van der Waals surface area contributed by atoms with Crippen molar-refractivity contribution in [1.82, 2.24) is 10.2 Å². The lowest BCUT2D eigenvalue weighted by atomic mass is 10.2. The lowest BCUT2D eigenvalue weighted by Gasteiger charge is -2.20. The van der Waals surface area contributed by atoms with Crippen molar-refractivity contribution in [3.63, 3.8) is 0 Å². The summed E-state index contributed by atoms with van der Waals surface area (Å²) in [5.41, 5.74) is 1.15. The Balaban J connectivity index is 2.16. The molecule has 0 saturated carbocycles. The first-order valence-electron chi connectivity index (χ1n) is 6.85. The van der Waals surface area contributed by atoms with E-state index in [1.54, 1.807) is 0 Å². The number of hydrogen-bond acceptors (Lipinski definition) is 2. The molecule has 19 heavy (non-hydrogen) atoms. The number of halogens is 2. The molecule has 0 aromatic heterocycles. The molecule has 0 radical (unpaired) electrons. The summed E-state index contributed by atoms with van der Waals surface area (Å²) in [6.45, 7) is 7.49. The van der Waals surface area contributed by atoms with Crippen molar-refractivity contribution in [3.05, 3.63) is 33.3 Å². The van der Waals surface area contributed by atoms with Gasteiger partial charge in [0.1, 0.15) is 0 Å². The lowest BCUT2D eigenvalue weighted by Crippen LogP contribution is -2.27. The van der Waals surface area contributed by atoms with Crippen molar-refractivity contribution in [2.45, 2.75) is 39.3 Å². The standard InChI is InChI=1S/C15H24BrClN2/c1-12(2)19(3)9-5-4-8-18-11-13-10-14(16)6-7-15(13)17/h6-7,10,12,18H,4-5,8-9,11H2,1-3H3. The number of nitrogens with one attached hydrogen (secondary N) is 1. The molecule has 0 heterocycles. The van der Waals surface area contributed by atoms with Crippen LogP contribution >= 0.6 is 27.5 Å². The van der Waals surface area contributed by atoms with Crippen LogP contribution in [0.4, 0.5) is 0 Å². The fourth-order valence-corrected chi connectivity index (χ4v) is 2.36. The van der Waals surface area contributed by atoms with E-state index in [9.17, 15) is 0 Å². The van der Waals surface area contributed by atoms with Crippen LogP contribution in [-0.2, 0) is 6.54 Å². The predicted octanol–water partition coefficient (Wildman–Crippen LogP) is 4.31. The van der Waals surface area contributed by atoms with Crippen LogP contribution in [-0.4, -0.2) is 31.1 Å². The molecule has 0 saturated heterocycles. The molecule has 0 atom stereocenters. The van der Waals surface area contributed by atoms with Gasteiger partial charge in [-0.3, -0.25) is 0 Å². The second-order valence-electron chi connectivity index (χ2n) is 5.19. The third-order valence-corrected chi connectivity index (χ3v) is 4.18. The molecular formula is C15H24BrClN2. The van der Waals surface area contributed by atoms with Gasteiger partial charge in [0, 0.05) is 22.1 Å². The molecule has 4 heteroatoms. The Labute approximate surface area is 130 Å². The zero-order valence-corrected chi connectivity index (χ0v) is 14.4. The van der Waals surface area contributed by atoms with Crippen LogP contribution < -0.4 is 5.32 Å². The molecule has 0 aliphatic heterocycles. The van der Waals surface area contributed by atoms with Gasteiger partial charge in [-0.25, -0.2) is 0 Å². The van der Waals surface area contributed by atoms with Gasteiger partial charge >= 0.3 is 0 Å². The molecule has 0 aliphatic rings. The van der Waals surface area contributed by atoms with Gasteiger partial charge in [-0.1, -0.05) is 27.5 Å². The van der Waals surface area contributed by atoms with Gasteiger partial charge in [0.15, 0.2) is 0 Å². The van der Waals surface area contributed by atoms with E-state index in [-0.39, 0.29) is 0 Å². The first kappa shape index (κ1) is 17.0. The Morgan fingerprint density at radius 2 is 2.05 bits per heavy atom. The predicted molar refractivity (Wildman–Crippen MR) is 87.9 cm³/mol. The molecule has 0 spiro atoms. The summed E-state index contributed by atoms with van der Waals surface area (Å²) in [5.74, 6) is 0. The molecule has 1 rings (SSSR count). The summed E-state index contributed by atoms with van der Waals surface area (Å²) in [6.07, 6.45) is 2.43. The Morgan fingerprint density at radius 3 is 2.74 bits per heavy atom. The van der Waals surface area contributed by atoms with Crippen molar-refractivity contribution < 1.29 is 0 Å². The average molecular weight is 348 g/mol. The Kier molecular flexibility index (Phi) is 8.00. The molecule has 0 amide bonds. The maximum Gasteiger partial charge on any atom is 0.0451 e. The minimum atomic E-state index is 0.633. The van der Waals surface area contributed by atoms with E-state index in [0.717, 1.165) is 34.7 Å². The topological polar surface area (TPSA) is 15.3 Å². The van der Waals surface area contributed by atoms with Crippen LogP contribution in [0.15, 0.2) is 22.7 Å². The molecule has 0 bridgehead atoms. The third-order valence-electron chi connectivity index (χ3n) is 3.32. The number of unbranched alkanes of at least 4 members (excludes halogenated alkanes) is 1. The molecule has 1 aromatic rings. The summed E-state index contributed by atoms with van der Waals surface area (Å²) in [5, 5.41) is 4.28. The SMILES string of the molecule is CC(C)N(C)CCCCNCc1cc(Br)ccc1Cl. The fourth-order valence-electron chi connectivity index (χ4n) is 1.77. The van der Waals surface area contributed by atoms with Gasteiger partial charge in [0.2, 0.25) is 0 Å². The summed E-state index contributed by atoms with van der Waals surface area (Å²) in [7, 11) is 2.18. The zero-order valence-electron chi connectivity index (χ0n) is 12.0. The maximum atomic E-state index is 6.15. The number of rotatable bonds is 8. The van der Waals surface area contributed by atoms with Crippen molar-refractivity contribution >= 4 is 27.5 Å². The van der Waals surface area contributed by atoms with Crippen LogP contribution in [0.5, 0.6) is 0 Å². The van der Waals surface area contributed by atoms with Gasteiger partial charge in [0.05, 0.1) is 0 Å². The van der Waals surface area contributed by atoms with Crippen molar-refractivity contribution in [1.29, 1.82) is 0 Å². The van der Waals surface area contributed by atoms with Crippen LogP contribution in [0.25, 0.3) is 0 Å². The highest BCUT2D eigenvalue weighted by Crippen LogP contribution is 2.20. The van der Waals surface area contributed by atoms with Gasteiger partial charge in [-0.05, 0) is 70.6 Å². The molecule has 0 unspecified atom stereocenters. The van der Waals surface area contributed by atoms with E-state index in [1.165, 1.54) is 12.8 Å². The first-order valence-corrected chi connectivity index (χ1v) is 8.02. The van der Waals surface area contributed by atoms with E-state index in [1.807, 2.05) is 12.1 Å². The van der Waals surface area contributed by atoms with E-state index in [4.69, 9.17) is 11.6 Å². The molecule has 1 aromatic carbocycles. The molecule has 1 N–H and O–H groups in total. The van der Waals surface area contributed by atoms with Crippen LogP contribution in [0.1, 0.15) is 32.3 Å². The summed E-state index contributed by atoms with van der Waals surface area (Å²) >= 11 is 9.61. The van der Waals surface area contributed by atoms with E-state index < -0.39 is 0 Å². The van der Waals surface area contributed by atoms with E-state index in [0.29, 0.717) is 6.04 Å². The molecule has 2 nitrogen and oxygen atoms in total. The van der Waals surface area contributed by atoms with E-state index in [2.05, 4.69) is 53.1 Å². The van der Waals surface area contributed by atoms with Crippen LogP contribution in [0.2, 0.25) is 5.02 Å². The first-order chi connectivity index (χ1) is 9.00. The van der Waals surface area contributed by atoms with Gasteiger partial charge in [-0.15, -0.1) is 0 Å². The zero-order chi connectivity index (χ0) is 14.3. The van der Waals surface area contributed by atoms with Gasteiger partial charge in [-0.2, -0.15) is 0 Å². The van der Waals surface area contributed by atoms with E-state index >= 15 is 0 Å². The molecule has 0 fully saturated rings. The fraction of sp³-hybridized carbons (Fsp3) is 0.600. The Morgan fingerprint density at radius 1 is 1.32 bits per heavy atom. The van der Waals surface area contributed by atoms with Gasteiger partial charge in [0.25, 0.3) is 0 Å². The minimum absolute atomic E-state index is 0.633. The normalized spacial score (nSPS) is 11.5. The average Bonchev–Trinajstić information content (AvgIpc) is 2.37. The highest BCUT2D eigenvalue weighted by atomic mass is 79.9. The second-order valence-corrected chi connectivity index (χ2v) is 6.52. The van der Waals surface area contributed by atoms with Crippen molar-refractivity contribution in [2.75, 3.05) is 20.1 Å². The summed E-state index contributed by atoms with van der Waals surface area (Å²) in [4.78, 5) is 2.38. The molecule has 108 valence electrons. The van der Waals surface area contributed by atoms with Crippen LogP contribution in [0.3, 0.4) is 0 Å². The number of nitrogens with zero attached hydrogens (tertiary/aromatic N) is 1.